The highest BCUT2D eigenvalue weighted by Crippen LogP contribution is 2.41. The number of alkyl halides is 3. The summed E-state index contributed by atoms with van der Waals surface area (Å²) in [7, 11) is 3.23. The first-order valence-corrected chi connectivity index (χ1v) is 19.0. The van der Waals surface area contributed by atoms with E-state index < -0.39 is 23.7 Å². The average Bonchev–Trinajstić information content (AvgIpc) is 3.47. The molecule has 0 bridgehead atoms. The number of amides is 2. The molecule has 4 aliphatic rings. The second-order valence-corrected chi connectivity index (χ2v) is 15.3. The van der Waals surface area contributed by atoms with Crippen LogP contribution in [0.25, 0.3) is 16.5 Å². The molecule has 3 saturated heterocycles. The van der Waals surface area contributed by atoms with Gasteiger partial charge in [-0.2, -0.15) is 18.3 Å². The third-order valence-electron chi connectivity index (χ3n) is 11.5. The third kappa shape index (κ3) is 8.66. The molecule has 15 heteroatoms. The van der Waals surface area contributed by atoms with Crippen LogP contribution in [0.4, 0.5) is 28.9 Å². The number of halogens is 4. The molecule has 3 N–H and O–H groups in total. The van der Waals surface area contributed by atoms with Crippen LogP contribution in [0.3, 0.4) is 0 Å². The smallest absolute Gasteiger partial charge is 0.418 e. The van der Waals surface area contributed by atoms with Gasteiger partial charge in [0.2, 0.25) is 11.8 Å². The van der Waals surface area contributed by atoms with Crippen molar-refractivity contribution < 1.29 is 31.9 Å². The second kappa shape index (κ2) is 16.0. The largest absolute Gasteiger partial charge is 0.501 e. The van der Waals surface area contributed by atoms with Gasteiger partial charge in [-0.3, -0.25) is 29.7 Å². The summed E-state index contributed by atoms with van der Waals surface area (Å²) in [4.78, 5) is 40.4. The van der Waals surface area contributed by atoms with E-state index in [1.165, 1.54) is 16.7 Å². The molecular formula is C40H47F4N7O4. The number of aromatic nitrogens is 3. The van der Waals surface area contributed by atoms with Crippen LogP contribution in [-0.4, -0.2) is 77.4 Å². The van der Waals surface area contributed by atoms with Gasteiger partial charge in [-0.25, -0.2) is 4.39 Å². The van der Waals surface area contributed by atoms with E-state index in [1.807, 2.05) is 11.0 Å². The van der Waals surface area contributed by atoms with E-state index >= 15 is 4.39 Å². The first kappa shape index (κ1) is 38.4. The minimum Gasteiger partial charge on any atom is -0.501 e. The van der Waals surface area contributed by atoms with E-state index in [0.717, 1.165) is 57.7 Å². The molecule has 2 aromatic heterocycles. The summed E-state index contributed by atoms with van der Waals surface area (Å²) in [5, 5.41) is 12.5. The molecule has 0 radical (unpaired) electrons. The number of nitrogens with one attached hydrogen (secondary N) is 3. The maximum absolute atomic E-state index is 16.0. The maximum atomic E-state index is 16.0. The fourth-order valence-electron chi connectivity index (χ4n) is 8.53. The lowest BCUT2D eigenvalue weighted by Crippen LogP contribution is -2.47. The number of aryl methyl sites for hydroxylation is 1. The molecule has 11 nitrogen and oxygen atoms in total. The zero-order valence-electron chi connectivity index (χ0n) is 31.1. The lowest BCUT2D eigenvalue weighted by molar-refractivity contribution is -0.137. The van der Waals surface area contributed by atoms with Crippen LogP contribution < -0.4 is 21.1 Å². The molecule has 2 amide bonds. The van der Waals surface area contributed by atoms with Crippen LogP contribution in [0, 0.1) is 11.8 Å². The van der Waals surface area contributed by atoms with Gasteiger partial charge in [0.15, 0.2) is 0 Å². The Hall–Kier alpha value is -4.92. The number of hydrogen-bond acceptors (Lipinski definition) is 8. The summed E-state index contributed by atoms with van der Waals surface area (Å²) in [5.41, 5.74) is 1.65. The van der Waals surface area contributed by atoms with Crippen molar-refractivity contribution in [3.05, 3.63) is 81.4 Å². The van der Waals surface area contributed by atoms with Gasteiger partial charge in [0.1, 0.15) is 23.1 Å². The molecule has 1 aliphatic carbocycles. The highest BCUT2D eigenvalue weighted by Gasteiger charge is 2.37. The number of methoxy groups -OCH3 is 1. The van der Waals surface area contributed by atoms with Crippen molar-refractivity contribution in [3.63, 3.8) is 0 Å². The first-order valence-electron chi connectivity index (χ1n) is 19.0. The summed E-state index contributed by atoms with van der Waals surface area (Å²) in [6.07, 6.45) is 8.34. The van der Waals surface area contributed by atoms with Gasteiger partial charge in [-0.15, -0.1) is 0 Å². The van der Waals surface area contributed by atoms with Crippen molar-refractivity contribution >= 4 is 39.7 Å². The number of rotatable bonds is 9. The van der Waals surface area contributed by atoms with Gasteiger partial charge in [0, 0.05) is 68.0 Å². The van der Waals surface area contributed by atoms with E-state index in [4.69, 9.17) is 4.74 Å². The van der Waals surface area contributed by atoms with E-state index in [9.17, 15) is 27.6 Å². The van der Waals surface area contributed by atoms with Crippen molar-refractivity contribution in [2.45, 2.75) is 70.0 Å². The van der Waals surface area contributed by atoms with Gasteiger partial charge < -0.3 is 19.5 Å². The Morgan fingerprint density at radius 1 is 1.00 bits per heavy atom. The van der Waals surface area contributed by atoms with Crippen molar-refractivity contribution in [1.82, 2.24) is 25.0 Å². The molecular weight excluding hydrogens is 718 g/mol. The molecule has 2 atom stereocenters. The molecule has 3 aromatic rings. The Morgan fingerprint density at radius 3 is 2.51 bits per heavy atom. The highest BCUT2D eigenvalue weighted by atomic mass is 19.4. The number of allylic oxidation sites excluding steroid dienone is 5. The summed E-state index contributed by atoms with van der Waals surface area (Å²) in [6.45, 7) is 3.19. The molecule has 0 spiro atoms. The molecule has 5 heterocycles. The minimum atomic E-state index is -4.58. The molecule has 1 aromatic carbocycles. The number of piperidine rings is 2. The predicted octanol–water partition coefficient (Wildman–Crippen LogP) is 6.45. The van der Waals surface area contributed by atoms with E-state index in [1.54, 1.807) is 32.6 Å². The number of benzene rings is 1. The number of likely N-dealkylation sites (tertiary alicyclic amines) is 1. The number of imide groups is 1. The standard InChI is InChI=1S/C40H47F4N7O4/c1-49-23-31(30-21-45-48-37(30)39(49)54)26-17-29(55-2)18-27(33(41)19-26)22-50-12-3-4-24(9-13-50)16-25-10-14-51(15-11-25)35-7-5-28(20-32(35)40(42,43)44)46-34-6-8-36(52)47-38(34)53/h5,7,17,19-21,23-25,34,46H,3-4,6,8-16,18,22H2,1-2H3,(H,45,48)(H,47,52,53). The number of ether oxygens (including phenoxy) is 1. The number of fused-ring (bicyclic) bond motifs is 1. The van der Waals surface area contributed by atoms with Crippen LogP contribution in [0.15, 0.2) is 64.7 Å². The number of carbonyl (C=O) groups excluding carboxylic acids is 2. The van der Waals surface area contributed by atoms with Crippen LogP contribution >= 0.6 is 0 Å². The van der Waals surface area contributed by atoms with Crippen molar-refractivity contribution in [3.8, 4) is 0 Å². The molecule has 55 heavy (non-hydrogen) atoms. The van der Waals surface area contributed by atoms with E-state index in [-0.39, 0.29) is 41.5 Å². The van der Waals surface area contributed by atoms with Gasteiger partial charge in [-0.1, -0.05) is 0 Å². The number of nitrogens with zero attached hydrogens (tertiary/aromatic N) is 4. The average molecular weight is 766 g/mol. The monoisotopic (exact) mass is 765 g/mol. The zero-order valence-corrected chi connectivity index (χ0v) is 31.1. The van der Waals surface area contributed by atoms with E-state index in [0.29, 0.717) is 71.3 Å². The Morgan fingerprint density at radius 2 is 1.76 bits per heavy atom. The SMILES string of the molecule is COC1=CC(c2cn(C)c(=O)c3[nH]ncc23)=CC(F)=C(CN2CCCC(CC3CCN(c4ccc(NC5CCC(=O)NC5=O)cc4C(F)(F)F)CC3)CC2)C1. The number of pyridine rings is 1. The fraction of sp³-hybridized carbons (Fsp3) is 0.500. The predicted molar refractivity (Wildman–Crippen MR) is 202 cm³/mol. The molecule has 3 fully saturated rings. The van der Waals surface area contributed by atoms with Crippen molar-refractivity contribution in [2.75, 3.05) is 50.1 Å². The molecule has 3 aliphatic heterocycles. The Bertz CT molecular complexity index is 2090. The zero-order chi connectivity index (χ0) is 38.9. The summed E-state index contributed by atoms with van der Waals surface area (Å²) < 4.78 is 66.0. The number of H-pyrrole nitrogens is 1. The maximum Gasteiger partial charge on any atom is 0.418 e. The minimum absolute atomic E-state index is 0.129. The summed E-state index contributed by atoms with van der Waals surface area (Å²) in [5.74, 6) is 0.287. The van der Waals surface area contributed by atoms with Gasteiger partial charge in [0.25, 0.3) is 5.56 Å². The summed E-state index contributed by atoms with van der Waals surface area (Å²) >= 11 is 0. The normalized spacial score (nSPS) is 22.3. The fourth-order valence-corrected chi connectivity index (χ4v) is 8.53. The topological polar surface area (TPSA) is 125 Å². The molecule has 0 saturated carbocycles. The Balaban J connectivity index is 0.951. The van der Waals surface area contributed by atoms with Crippen molar-refractivity contribution in [1.29, 1.82) is 0 Å². The quantitative estimate of drug-likeness (QED) is 0.168. The number of carbonyl (C=O) groups is 2. The molecule has 2 unspecified atom stereocenters. The molecule has 7 rings (SSSR count). The van der Waals surface area contributed by atoms with Crippen molar-refractivity contribution in [2.24, 2.45) is 18.9 Å². The lowest BCUT2D eigenvalue weighted by atomic mass is 9.84. The third-order valence-corrected chi connectivity index (χ3v) is 11.5. The molecule has 294 valence electrons. The van der Waals surface area contributed by atoms with E-state index in [2.05, 4.69) is 25.7 Å². The lowest BCUT2D eigenvalue weighted by Gasteiger charge is -2.36. The second-order valence-electron chi connectivity index (χ2n) is 15.3. The van der Waals surface area contributed by atoms with Gasteiger partial charge in [0.05, 0.1) is 18.9 Å². The number of hydrogen-bond donors (Lipinski definition) is 3. The summed E-state index contributed by atoms with van der Waals surface area (Å²) in [6, 6.07) is 3.34. The van der Waals surface area contributed by atoms with Crippen LogP contribution in [0.5, 0.6) is 0 Å². The number of aromatic amines is 1. The Kier molecular flexibility index (Phi) is 11.2. The Labute approximate surface area is 316 Å². The van der Waals surface area contributed by atoms with Gasteiger partial charge in [-0.05, 0) is 111 Å². The van der Waals surface area contributed by atoms with Crippen LogP contribution in [0.2, 0.25) is 0 Å². The highest BCUT2D eigenvalue weighted by molar-refractivity contribution is 6.01. The van der Waals surface area contributed by atoms with Gasteiger partial charge >= 0.3 is 6.18 Å². The first-order chi connectivity index (χ1) is 26.4. The van der Waals surface area contributed by atoms with Crippen LogP contribution in [0.1, 0.15) is 68.9 Å². The van der Waals surface area contributed by atoms with Crippen LogP contribution in [-0.2, 0) is 27.5 Å². The number of anilines is 2.